The second-order valence-corrected chi connectivity index (χ2v) is 7.41. The zero-order valence-electron chi connectivity index (χ0n) is 16.4. The SMILES string of the molecule is CN(C)c1nccc(N(C)C2CCCN(Cc3ccccc3C(F)(F)F)C2)n1. The summed E-state index contributed by atoms with van der Waals surface area (Å²) in [4.78, 5) is 14.9. The van der Waals surface area contributed by atoms with E-state index in [2.05, 4.69) is 19.8 Å². The number of likely N-dealkylation sites (tertiary alicyclic amines) is 1. The minimum Gasteiger partial charge on any atom is -0.355 e. The van der Waals surface area contributed by atoms with E-state index in [9.17, 15) is 13.2 Å². The third kappa shape index (κ3) is 4.73. The number of rotatable bonds is 5. The Hall–Kier alpha value is -2.35. The van der Waals surface area contributed by atoms with E-state index in [4.69, 9.17) is 0 Å². The van der Waals surface area contributed by atoms with Gasteiger partial charge in [-0.25, -0.2) is 4.98 Å². The standard InChI is InChI=1S/C20H26F3N5/c1-26(2)19-24-11-10-18(25-19)27(3)16-8-6-12-28(14-16)13-15-7-4-5-9-17(15)20(21,22)23/h4-5,7,9-11,16H,6,8,12-14H2,1-3H3. The van der Waals surface area contributed by atoms with Crippen molar-refractivity contribution < 1.29 is 13.2 Å². The van der Waals surface area contributed by atoms with Gasteiger partial charge in [-0.1, -0.05) is 18.2 Å². The van der Waals surface area contributed by atoms with Crippen LogP contribution in [0.15, 0.2) is 36.5 Å². The molecule has 1 aliphatic rings. The highest BCUT2D eigenvalue weighted by atomic mass is 19.4. The first-order valence-corrected chi connectivity index (χ1v) is 9.36. The van der Waals surface area contributed by atoms with Crippen LogP contribution in [0.3, 0.4) is 0 Å². The van der Waals surface area contributed by atoms with Gasteiger partial charge in [0.15, 0.2) is 0 Å². The van der Waals surface area contributed by atoms with Gasteiger partial charge in [0.1, 0.15) is 5.82 Å². The predicted molar refractivity (Wildman–Crippen MR) is 105 cm³/mol. The Morgan fingerprint density at radius 2 is 1.89 bits per heavy atom. The van der Waals surface area contributed by atoms with Gasteiger partial charge in [-0.15, -0.1) is 0 Å². The number of piperidine rings is 1. The van der Waals surface area contributed by atoms with Gasteiger partial charge < -0.3 is 9.80 Å². The van der Waals surface area contributed by atoms with Crippen LogP contribution in [0, 0.1) is 0 Å². The van der Waals surface area contributed by atoms with Crippen LogP contribution in [0.4, 0.5) is 24.9 Å². The molecule has 1 fully saturated rings. The molecule has 2 heterocycles. The van der Waals surface area contributed by atoms with Crippen molar-refractivity contribution in [2.24, 2.45) is 0 Å². The fourth-order valence-corrected chi connectivity index (χ4v) is 3.60. The highest BCUT2D eigenvalue weighted by molar-refractivity contribution is 5.43. The van der Waals surface area contributed by atoms with Crippen molar-refractivity contribution in [3.05, 3.63) is 47.7 Å². The van der Waals surface area contributed by atoms with E-state index in [1.165, 1.54) is 6.07 Å². The molecule has 0 bridgehead atoms. The van der Waals surface area contributed by atoms with E-state index in [-0.39, 0.29) is 6.04 Å². The molecular formula is C20H26F3N5. The topological polar surface area (TPSA) is 35.5 Å². The van der Waals surface area contributed by atoms with Crippen molar-refractivity contribution in [2.45, 2.75) is 31.6 Å². The number of halogens is 3. The Morgan fingerprint density at radius 3 is 2.61 bits per heavy atom. The summed E-state index contributed by atoms with van der Waals surface area (Å²) in [6.45, 7) is 1.79. The van der Waals surface area contributed by atoms with Crippen LogP contribution < -0.4 is 9.80 Å². The second-order valence-electron chi connectivity index (χ2n) is 7.41. The average molecular weight is 393 g/mol. The van der Waals surface area contributed by atoms with E-state index in [1.807, 2.05) is 32.1 Å². The van der Waals surface area contributed by atoms with E-state index in [1.54, 1.807) is 18.3 Å². The molecule has 152 valence electrons. The summed E-state index contributed by atoms with van der Waals surface area (Å²) in [6.07, 6.45) is -0.676. The lowest BCUT2D eigenvalue weighted by Gasteiger charge is -2.38. The number of hydrogen-bond donors (Lipinski definition) is 0. The molecule has 1 atom stereocenters. The number of benzene rings is 1. The maximum atomic E-state index is 13.3. The first-order chi connectivity index (χ1) is 13.3. The third-order valence-electron chi connectivity index (χ3n) is 5.13. The lowest BCUT2D eigenvalue weighted by Crippen LogP contribution is -2.46. The first kappa shape index (κ1) is 20.4. The van der Waals surface area contributed by atoms with Gasteiger partial charge in [0.05, 0.1) is 5.56 Å². The maximum Gasteiger partial charge on any atom is 0.416 e. The van der Waals surface area contributed by atoms with Gasteiger partial charge in [0, 0.05) is 46.5 Å². The molecule has 1 aromatic heterocycles. The van der Waals surface area contributed by atoms with Crippen molar-refractivity contribution in [2.75, 3.05) is 44.0 Å². The molecule has 1 unspecified atom stereocenters. The minimum atomic E-state index is -4.33. The fourth-order valence-electron chi connectivity index (χ4n) is 3.60. The summed E-state index contributed by atoms with van der Waals surface area (Å²) >= 11 is 0. The highest BCUT2D eigenvalue weighted by Gasteiger charge is 2.34. The maximum absolute atomic E-state index is 13.3. The zero-order chi connectivity index (χ0) is 20.3. The lowest BCUT2D eigenvalue weighted by molar-refractivity contribution is -0.138. The smallest absolute Gasteiger partial charge is 0.355 e. The van der Waals surface area contributed by atoms with Crippen molar-refractivity contribution >= 4 is 11.8 Å². The summed E-state index contributed by atoms with van der Waals surface area (Å²) in [7, 11) is 5.76. The van der Waals surface area contributed by atoms with E-state index in [0.29, 0.717) is 24.6 Å². The summed E-state index contributed by atoms with van der Waals surface area (Å²) in [6, 6.07) is 7.90. The monoisotopic (exact) mass is 393 g/mol. The van der Waals surface area contributed by atoms with Gasteiger partial charge in [0.25, 0.3) is 0 Å². The molecule has 3 rings (SSSR count). The Balaban J connectivity index is 1.72. The van der Waals surface area contributed by atoms with Crippen LogP contribution in [0.1, 0.15) is 24.0 Å². The molecule has 0 aliphatic carbocycles. The summed E-state index contributed by atoms with van der Waals surface area (Å²) in [5.74, 6) is 1.46. The van der Waals surface area contributed by atoms with E-state index in [0.717, 1.165) is 31.3 Å². The molecule has 0 radical (unpaired) electrons. The third-order valence-corrected chi connectivity index (χ3v) is 5.13. The van der Waals surface area contributed by atoms with Gasteiger partial charge in [-0.3, -0.25) is 4.90 Å². The summed E-state index contributed by atoms with van der Waals surface area (Å²) in [5.41, 5.74) is -0.216. The minimum absolute atomic E-state index is 0.191. The Labute approximate surface area is 163 Å². The molecule has 0 saturated carbocycles. The molecule has 1 aromatic carbocycles. The number of anilines is 2. The average Bonchev–Trinajstić information content (AvgIpc) is 2.67. The van der Waals surface area contributed by atoms with Crippen molar-refractivity contribution in [1.82, 2.24) is 14.9 Å². The highest BCUT2D eigenvalue weighted by Crippen LogP contribution is 2.33. The molecule has 1 aliphatic heterocycles. The van der Waals surface area contributed by atoms with Gasteiger partial charge in [-0.05, 0) is 37.1 Å². The van der Waals surface area contributed by atoms with Crippen molar-refractivity contribution in [1.29, 1.82) is 0 Å². The van der Waals surface area contributed by atoms with Crippen LogP contribution in [0.5, 0.6) is 0 Å². The van der Waals surface area contributed by atoms with Crippen LogP contribution >= 0.6 is 0 Å². The normalized spacial score (nSPS) is 18.1. The molecule has 0 spiro atoms. The lowest BCUT2D eigenvalue weighted by atomic mass is 10.0. The number of likely N-dealkylation sites (N-methyl/N-ethyl adjacent to an activating group) is 1. The fraction of sp³-hybridized carbons (Fsp3) is 0.500. The summed E-state index contributed by atoms with van der Waals surface area (Å²) < 4.78 is 39.9. The predicted octanol–water partition coefficient (Wildman–Crippen LogP) is 3.66. The molecule has 8 heteroatoms. The van der Waals surface area contributed by atoms with Crippen LogP contribution in [0.2, 0.25) is 0 Å². The molecule has 0 N–H and O–H groups in total. The molecular weight excluding hydrogens is 367 g/mol. The number of hydrogen-bond acceptors (Lipinski definition) is 5. The molecule has 0 amide bonds. The van der Waals surface area contributed by atoms with Crippen LogP contribution in [-0.4, -0.2) is 55.1 Å². The molecule has 28 heavy (non-hydrogen) atoms. The first-order valence-electron chi connectivity index (χ1n) is 9.36. The summed E-state index contributed by atoms with van der Waals surface area (Å²) in [5, 5.41) is 0. The molecule has 5 nitrogen and oxygen atoms in total. The largest absolute Gasteiger partial charge is 0.416 e. The molecule has 1 saturated heterocycles. The Morgan fingerprint density at radius 1 is 1.14 bits per heavy atom. The number of alkyl halides is 3. The van der Waals surface area contributed by atoms with Gasteiger partial charge >= 0.3 is 6.18 Å². The van der Waals surface area contributed by atoms with Gasteiger partial charge in [0.2, 0.25) is 5.95 Å². The molecule has 2 aromatic rings. The van der Waals surface area contributed by atoms with Crippen molar-refractivity contribution in [3.63, 3.8) is 0 Å². The second kappa shape index (κ2) is 8.34. The van der Waals surface area contributed by atoms with Crippen LogP contribution in [-0.2, 0) is 12.7 Å². The Kier molecular flexibility index (Phi) is 6.07. The quantitative estimate of drug-likeness (QED) is 0.775. The van der Waals surface area contributed by atoms with Gasteiger partial charge in [-0.2, -0.15) is 18.2 Å². The number of aromatic nitrogens is 2. The van der Waals surface area contributed by atoms with Crippen molar-refractivity contribution in [3.8, 4) is 0 Å². The zero-order valence-corrected chi connectivity index (χ0v) is 16.4. The van der Waals surface area contributed by atoms with E-state index >= 15 is 0 Å². The Bertz CT molecular complexity index is 793. The van der Waals surface area contributed by atoms with E-state index < -0.39 is 11.7 Å². The van der Waals surface area contributed by atoms with Crippen LogP contribution in [0.25, 0.3) is 0 Å². The number of nitrogens with zero attached hydrogens (tertiary/aromatic N) is 5.